The predicted octanol–water partition coefficient (Wildman–Crippen LogP) is 2.06. The van der Waals surface area contributed by atoms with Gasteiger partial charge in [-0.1, -0.05) is 60.7 Å². The topological polar surface area (TPSA) is 52.9 Å². The summed E-state index contributed by atoms with van der Waals surface area (Å²) in [6.45, 7) is 2.59. The summed E-state index contributed by atoms with van der Waals surface area (Å²) in [5.74, 6) is -0.178. The highest BCUT2D eigenvalue weighted by Crippen LogP contribution is 2.22. The molecule has 0 radical (unpaired) electrons. The molecular formula is C20H25NO3. The Morgan fingerprint density at radius 1 is 0.917 bits per heavy atom. The summed E-state index contributed by atoms with van der Waals surface area (Å²) in [4.78, 5) is 2.25. The maximum Gasteiger partial charge on any atom is 0.0969 e. The number of ether oxygens (including phenoxy) is 1. The van der Waals surface area contributed by atoms with Crippen molar-refractivity contribution in [1.29, 1.82) is 0 Å². The molecule has 0 spiro atoms. The lowest BCUT2D eigenvalue weighted by atomic mass is 9.92. The average Bonchev–Trinajstić information content (AvgIpc) is 2.63. The Hall–Kier alpha value is -1.72. The molecule has 128 valence electrons. The second-order valence-corrected chi connectivity index (χ2v) is 6.45. The Bertz CT molecular complexity index is 605. The lowest BCUT2D eigenvalue weighted by Gasteiger charge is -2.40. The van der Waals surface area contributed by atoms with Crippen molar-refractivity contribution in [2.75, 3.05) is 19.7 Å². The summed E-state index contributed by atoms with van der Waals surface area (Å²) in [5, 5.41) is 20.1. The Morgan fingerprint density at radius 2 is 1.54 bits per heavy atom. The molecule has 1 heterocycles. The Labute approximate surface area is 143 Å². The third-order valence-corrected chi connectivity index (χ3v) is 4.59. The Kier molecular flexibility index (Phi) is 5.99. The fourth-order valence-electron chi connectivity index (χ4n) is 3.25. The molecule has 2 N–H and O–H groups in total. The predicted molar refractivity (Wildman–Crippen MR) is 93.3 cm³/mol. The molecule has 1 saturated heterocycles. The number of aliphatic hydroxyl groups excluding tert-OH is 2. The first-order valence-corrected chi connectivity index (χ1v) is 8.47. The summed E-state index contributed by atoms with van der Waals surface area (Å²) in [7, 11) is 0. The van der Waals surface area contributed by atoms with E-state index in [4.69, 9.17) is 4.74 Å². The van der Waals surface area contributed by atoms with Gasteiger partial charge in [0.1, 0.15) is 0 Å². The number of hydrogen-bond donors (Lipinski definition) is 2. The quantitative estimate of drug-likeness (QED) is 0.853. The van der Waals surface area contributed by atoms with E-state index >= 15 is 0 Å². The molecule has 3 unspecified atom stereocenters. The van der Waals surface area contributed by atoms with Crippen LogP contribution in [0.15, 0.2) is 60.7 Å². The maximum absolute atomic E-state index is 10.5. The maximum atomic E-state index is 10.5. The van der Waals surface area contributed by atoms with Crippen LogP contribution in [0.1, 0.15) is 11.1 Å². The molecule has 1 aliphatic heterocycles. The van der Waals surface area contributed by atoms with Gasteiger partial charge in [0.2, 0.25) is 0 Å². The minimum absolute atomic E-state index is 0.0301. The van der Waals surface area contributed by atoms with Crippen molar-refractivity contribution in [2.45, 2.75) is 25.4 Å². The number of rotatable bonds is 6. The lowest BCUT2D eigenvalue weighted by Crippen LogP contribution is -2.54. The molecule has 2 aromatic carbocycles. The lowest BCUT2D eigenvalue weighted by molar-refractivity contribution is -0.122. The molecule has 0 aliphatic carbocycles. The molecule has 3 atom stereocenters. The molecule has 0 aromatic heterocycles. The second kappa shape index (κ2) is 8.40. The van der Waals surface area contributed by atoms with Crippen LogP contribution in [0.25, 0.3) is 0 Å². The highest BCUT2D eigenvalue weighted by Gasteiger charge is 2.35. The fourth-order valence-corrected chi connectivity index (χ4v) is 3.25. The van der Waals surface area contributed by atoms with Gasteiger partial charge in [-0.3, -0.25) is 4.90 Å². The molecule has 4 nitrogen and oxygen atoms in total. The Balaban J connectivity index is 1.63. The highest BCUT2D eigenvalue weighted by atomic mass is 16.5. The van der Waals surface area contributed by atoms with E-state index in [9.17, 15) is 10.2 Å². The molecule has 1 fully saturated rings. The zero-order valence-corrected chi connectivity index (χ0v) is 13.8. The van der Waals surface area contributed by atoms with E-state index in [1.165, 1.54) is 5.56 Å². The van der Waals surface area contributed by atoms with Crippen LogP contribution in [0.2, 0.25) is 0 Å². The third kappa shape index (κ3) is 4.42. The first-order chi connectivity index (χ1) is 11.8. The van der Waals surface area contributed by atoms with Crippen molar-refractivity contribution in [3.63, 3.8) is 0 Å². The number of nitrogens with zero attached hydrogens (tertiary/aromatic N) is 1. The van der Waals surface area contributed by atoms with E-state index in [0.717, 1.165) is 12.1 Å². The molecule has 0 saturated carbocycles. The number of aliphatic hydroxyl groups is 2. The molecular weight excluding hydrogens is 302 g/mol. The zero-order chi connectivity index (χ0) is 16.8. The van der Waals surface area contributed by atoms with Crippen molar-refractivity contribution in [3.05, 3.63) is 71.8 Å². The minimum atomic E-state index is -0.634. The van der Waals surface area contributed by atoms with Crippen LogP contribution >= 0.6 is 0 Å². The smallest absolute Gasteiger partial charge is 0.0969 e. The van der Waals surface area contributed by atoms with Gasteiger partial charge in [-0.2, -0.15) is 0 Å². The molecule has 3 rings (SSSR count). The first-order valence-electron chi connectivity index (χ1n) is 8.47. The summed E-state index contributed by atoms with van der Waals surface area (Å²) in [6.07, 6.45) is -0.925. The van der Waals surface area contributed by atoms with Gasteiger partial charge in [0.15, 0.2) is 0 Å². The summed E-state index contributed by atoms with van der Waals surface area (Å²) < 4.78 is 5.98. The van der Waals surface area contributed by atoms with Crippen LogP contribution in [-0.4, -0.2) is 47.0 Å². The van der Waals surface area contributed by atoms with E-state index in [1.54, 1.807) is 0 Å². The molecule has 24 heavy (non-hydrogen) atoms. The monoisotopic (exact) mass is 327 g/mol. The van der Waals surface area contributed by atoms with Gasteiger partial charge < -0.3 is 14.9 Å². The summed E-state index contributed by atoms with van der Waals surface area (Å²) in [5.41, 5.74) is 2.32. The Morgan fingerprint density at radius 3 is 2.17 bits per heavy atom. The van der Waals surface area contributed by atoms with Crippen molar-refractivity contribution >= 4 is 0 Å². The van der Waals surface area contributed by atoms with Crippen molar-refractivity contribution in [3.8, 4) is 0 Å². The van der Waals surface area contributed by atoms with Crippen molar-refractivity contribution in [2.24, 2.45) is 5.92 Å². The molecule has 4 heteroatoms. The molecule has 0 bridgehead atoms. The van der Waals surface area contributed by atoms with Gasteiger partial charge in [0.25, 0.3) is 0 Å². The third-order valence-electron chi connectivity index (χ3n) is 4.59. The van der Waals surface area contributed by atoms with E-state index in [2.05, 4.69) is 17.0 Å². The highest BCUT2D eigenvalue weighted by molar-refractivity contribution is 5.15. The van der Waals surface area contributed by atoms with Crippen LogP contribution in [0.4, 0.5) is 0 Å². The summed E-state index contributed by atoms with van der Waals surface area (Å²) in [6, 6.07) is 20.2. The van der Waals surface area contributed by atoms with Gasteiger partial charge in [-0.05, 0) is 11.1 Å². The number of benzene rings is 2. The SMILES string of the molecule is OCC1CN(Cc2ccccc2)CC(OCc2ccccc2)C1O. The number of piperidine rings is 1. The molecule has 2 aromatic rings. The molecule has 0 amide bonds. The van der Waals surface area contributed by atoms with E-state index < -0.39 is 6.10 Å². The zero-order valence-electron chi connectivity index (χ0n) is 13.8. The van der Waals surface area contributed by atoms with Gasteiger partial charge in [0.05, 0.1) is 18.8 Å². The van der Waals surface area contributed by atoms with Crippen LogP contribution in [-0.2, 0) is 17.9 Å². The van der Waals surface area contributed by atoms with Crippen molar-refractivity contribution < 1.29 is 14.9 Å². The van der Waals surface area contributed by atoms with Crippen molar-refractivity contribution in [1.82, 2.24) is 4.90 Å². The van der Waals surface area contributed by atoms with E-state index in [-0.39, 0.29) is 18.6 Å². The standard InChI is InChI=1S/C20H25NO3/c22-14-18-12-21(11-16-7-3-1-4-8-16)13-19(20(18)23)24-15-17-9-5-2-6-10-17/h1-10,18-20,22-23H,11-15H2. The van der Waals surface area contributed by atoms with E-state index in [1.807, 2.05) is 48.5 Å². The first kappa shape index (κ1) is 17.1. The number of hydrogen-bond acceptors (Lipinski definition) is 4. The average molecular weight is 327 g/mol. The minimum Gasteiger partial charge on any atom is -0.396 e. The van der Waals surface area contributed by atoms with Gasteiger partial charge in [-0.25, -0.2) is 0 Å². The van der Waals surface area contributed by atoms with Gasteiger partial charge >= 0.3 is 0 Å². The van der Waals surface area contributed by atoms with Gasteiger partial charge in [-0.15, -0.1) is 0 Å². The van der Waals surface area contributed by atoms with Crippen LogP contribution in [0.3, 0.4) is 0 Å². The largest absolute Gasteiger partial charge is 0.396 e. The van der Waals surface area contributed by atoms with Crippen LogP contribution in [0, 0.1) is 5.92 Å². The fraction of sp³-hybridized carbons (Fsp3) is 0.400. The number of likely N-dealkylation sites (tertiary alicyclic amines) is 1. The summed E-state index contributed by atoms with van der Waals surface area (Å²) >= 11 is 0. The normalized spacial score (nSPS) is 24.8. The van der Waals surface area contributed by atoms with Crippen LogP contribution in [0.5, 0.6) is 0 Å². The van der Waals surface area contributed by atoms with E-state index in [0.29, 0.717) is 19.7 Å². The van der Waals surface area contributed by atoms with Gasteiger partial charge in [0, 0.05) is 32.2 Å². The van der Waals surface area contributed by atoms with Crippen LogP contribution < -0.4 is 0 Å². The molecule has 1 aliphatic rings. The second-order valence-electron chi connectivity index (χ2n) is 6.45.